The Kier molecular flexibility index (Phi) is 15.5. The van der Waals surface area contributed by atoms with Crippen LogP contribution >= 0.6 is 0 Å². The Balaban J connectivity index is 0.000000182. The van der Waals surface area contributed by atoms with Crippen molar-refractivity contribution in [1.29, 1.82) is 0 Å². The number of ketones is 1. The molecule has 9 rings (SSSR count). The van der Waals surface area contributed by atoms with Crippen molar-refractivity contribution in [2.24, 2.45) is 0 Å². The molecule has 2 aliphatic heterocycles. The number of hydrogen-bond donors (Lipinski definition) is 1. The van der Waals surface area contributed by atoms with Gasteiger partial charge in [-0.3, -0.25) is 9.59 Å². The van der Waals surface area contributed by atoms with Crippen molar-refractivity contribution >= 4 is 11.7 Å². The summed E-state index contributed by atoms with van der Waals surface area (Å²) >= 11 is 0. The van der Waals surface area contributed by atoms with Crippen molar-refractivity contribution < 1.29 is 31.6 Å². The highest BCUT2D eigenvalue weighted by atomic mass is 19.3. The largest absolute Gasteiger partial charge is 0.415 e. The molecule has 2 aliphatic carbocycles. The molecule has 2 saturated carbocycles. The van der Waals surface area contributed by atoms with Gasteiger partial charge in [-0.2, -0.15) is 17.6 Å². The predicted molar refractivity (Wildman–Crippen MR) is 245 cm³/mol. The molecule has 1 N–H and O–H groups in total. The van der Waals surface area contributed by atoms with Gasteiger partial charge in [0.1, 0.15) is 11.6 Å². The van der Waals surface area contributed by atoms with Crippen LogP contribution in [0.15, 0.2) is 77.7 Å². The Morgan fingerprint density at radius 3 is 1.49 bits per heavy atom. The number of amides is 1. The zero-order valence-electron chi connectivity index (χ0n) is 38.5. The number of rotatable bonds is 16. The highest BCUT2D eigenvalue weighted by Crippen LogP contribution is 2.47. The van der Waals surface area contributed by atoms with E-state index in [0.717, 1.165) is 57.4 Å². The smallest absolute Gasteiger partial charge is 0.315 e. The minimum Gasteiger partial charge on any atom is -0.415 e. The lowest BCUT2D eigenvalue weighted by Crippen LogP contribution is -2.37. The van der Waals surface area contributed by atoms with Crippen LogP contribution < -0.4 is 5.32 Å². The standard InChI is InChI=1S/C26H32F2N4O2.C25H29F2N5O/c1-2-32-12-8-19(9-13-32)18-4-6-21(7-5-18)26(10-3-11-26)14-23-29-15-20(16-30-23)22(33)17-31-25(34)24(27)28;1-2-32-12-8-18(9-13-32)17-4-6-20(7-5-17)25(10-3-11-25)14-21-28-15-19(16-29-21)23-30-31-24(33-23)22(26)27/h4-7,15-16,19,24H,2-3,8-14,17H2,1H3,(H,31,34);4-7,15-16,18,22H,2-3,8-14H2,1H3. The Morgan fingerprint density at radius 2 is 1.12 bits per heavy atom. The molecule has 2 aromatic carbocycles. The van der Waals surface area contributed by atoms with Crippen LogP contribution in [0.5, 0.6) is 0 Å². The maximum atomic E-state index is 12.7. The fraction of sp³-hybridized carbons (Fsp3) is 0.529. The van der Waals surface area contributed by atoms with Gasteiger partial charge in [-0.05, 0) is 125 Å². The van der Waals surface area contributed by atoms with Crippen LogP contribution in [0.3, 0.4) is 0 Å². The Hall–Kier alpha value is -5.48. The van der Waals surface area contributed by atoms with E-state index in [-0.39, 0.29) is 22.3 Å². The molecule has 3 aromatic heterocycles. The number of nitrogens with one attached hydrogen (secondary N) is 1. The molecule has 0 atom stereocenters. The van der Waals surface area contributed by atoms with Crippen LogP contribution in [0.25, 0.3) is 11.5 Å². The third-order valence-corrected chi connectivity index (χ3v) is 14.9. The summed E-state index contributed by atoms with van der Waals surface area (Å²) in [7, 11) is 0. The number of aromatic nitrogens is 6. The van der Waals surface area contributed by atoms with Crippen molar-refractivity contribution in [3.8, 4) is 11.5 Å². The summed E-state index contributed by atoms with van der Waals surface area (Å²) in [6.07, 6.45) is 13.1. The summed E-state index contributed by atoms with van der Waals surface area (Å²) in [5, 5.41) is 8.93. The molecule has 0 bridgehead atoms. The molecule has 67 heavy (non-hydrogen) atoms. The van der Waals surface area contributed by atoms with E-state index in [1.165, 1.54) is 92.9 Å². The molecule has 356 valence electrons. The van der Waals surface area contributed by atoms with E-state index in [0.29, 0.717) is 29.6 Å². The van der Waals surface area contributed by atoms with Gasteiger partial charge in [0, 0.05) is 48.5 Å². The highest BCUT2D eigenvalue weighted by Gasteiger charge is 2.41. The summed E-state index contributed by atoms with van der Waals surface area (Å²) in [5.74, 6) is 0.0392. The number of hydrogen-bond acceptors (Lipinski definition) is 11. The fourth-order valence-electron chi connectivity index (χ4n) is 10.3. The molecule has 12 nitrogen and oxygen atoms in total. The zero-order chi connectivity index (χ0) is 47.0. The summed E-state index contributed by atoms with van der Waals surface area (Å²) in [5.41, 5.74) is 6.26. The first-order valence-corrected chi connectivity index (χ1v) is 23.9. The van der Waals surface area contributed by atoms with Gasteiger partial charge < -0.3 is 19.5 Å². The van der Waals surface area contributed by atoms with Gasteiger partial charge in [0.05, 0.1) is 17.7 Å². The number of Topliss-reactive ketones (excluding diaryl/α,β-unsaturated/α-hetero) is 1. The van der Waals surface area contributed by atoms with Crippen LogP contribution in [0.4, 0.5) is 17.6 Å². The summed E-state index contributed by atoms with van der Waals surface area (Å²) in [4.78, 5) is 45.8. The number of piperidine rings is 2. The molecule has 5 heterocycles. The average Bonchev–Trinajstić information content (AvgIpc) is 3.85. The number of carbonyl (C=O) groups excluding carboxylic acids is 2. The SMILES string of the molecule is CCN1CCC(c2ccc(C3(Cc4ncc(-c5nnc(C(F)F)o5)cn4)CCC3)cc2)CC1.CCN1CCC(c2ccc(C3(Cc4ncc(C(=O)CNC(=O)C(F)F)cn4)CCC3)cc2)CC1. The van der Waals surface area contributed by atoms with E-state index >= 15 is 0 Å². The second-order valence-corrected chi connectivity index (χ2v) is 18.7. The Labute approximate surface area is 389 Å². The average molecular weight is 924 g/mol. The van der Waals surface area contributed by atoms with Crippen LogP contribution in [-0.4, -0.2) is 104 Å². The summed E-state index contributed by atoms with van der Waals surface area (Å²) < 4.78 is 54.9. The van der Waals surface area contributed by atoms with Crippen LogP contribution in [-0.2, 0) is 28.5 Å². The molecule has 1 amide bonds. The number of likely N-dealkylation sites (tertiary alicyclic amines) is 2. The van der Waals surface area contributed by atoms with E-state index in [1.807, 2.05) is 5.32 Å². The van der Waals surface area contributed by atoms with Crippen molar-refractivity contribution in [1.82, 2.24) is 45.2 Å². The first-order chi connectivity index (χ1) is 32.5. The zero-order valence-corrected chi connectivity index (χ0v) is 38.5. The van der Waals surface area contributed by atoms with Gasteiger partial charge in [-0.1, -0.05) is 75.2 Å². The van der Waals surface area contributed by atoms with Crippen LogP contribution in [0, 0.1) is 0 Å². The van der Waals surface area contributed by atoms with E-state index in [9.17, 15) is 27.2 Å². The van der Waals surface area contributed by atoms with Gasteiger partial charge >= 0.3 is 12.9 Å². The highest BCUT2D eigenvalue weighted by molar-refractivity contribution is 5.99. The maximum Gasteiger partial charge on any atom is 0.315 e. The van der Waals surface area contributed by atoms with Gasteiger partial charge in [0.25, 0.3) is 17.7 Å². The van der Waals surface area contributed by atoms with Crippen molar-refractivity contribution in [2.45, 2.75) is 126 Å². The molecule has 16 heteroatoms. The monoisotopic (exact) mass is 923 g/mol. The molecule has 2 saturated heterocycles. The Morgan fingerprint density at radius 1 is 0.672 bits per heavy atom. The topological polar surface area (TPSA) is 143 Å². The number of alkyl halides is 4. The first kappa shape index (κ1) is 48.0. The molecular weight excluding hydrogens is 863 g/mol. The normalized spacial score (nSPS) is 18.7. The van der Waals surface area contributed by atoms with Crippen molar-refractivity contribution in [3.63, 3.8) is 0 Å². The number of carbonyl (C=O) groups is 2. The molecule has 0 radical (unpaired) electrons. The van der Waals surface area contributed by atoms with E-state index in [2.05, 4.69) is 102 Å². The lowest BCUT2D eigenvalue weighted by Gasteiger charge is -2.42. The molecule has 4 fully saturated rings. The fourth-order valence-corrected chi connectivity index (χ4v) is 10.3. The Bertz CT molecular complexity index is 2370. The van der Waals surface area contributed by atoms with E-state index < -0.39 is 37.0 Å². The van der Waals surface area contributed by atoms with Gasteiger partial charge in [-0.25, -0.2) is 19.9 Å². The number of nitrogens with zero attached hydrogens (tertiary/aromatic N) is 8. The molecular formula is C51H61F4N9O3. The third kappa shape index (κ3) is 11.5. The predicted octanol–water partition coefficient (Wildman–Crippen LogP) is 9.23. The lowest BCUT2D eigenvalue weighted by atomic mass is 9.62. The molecule has 0 unspecified atom stereocenters. The number of halogens is 4. The number of benzene rings is 2. The molecule has 0 spiro atoms. The van der Waals surface area contributed by atoms with E-state index in [4.69, 9.17) is 4.42 Å². The second-order valence-electron chi connectivity index (χ2n) is 18.7. The third-order valence-electron chi connectivity index (χ3n) is 14.9. The van der Waals surface area contributed by atoms with Gasteiger partial charge in [0.2, 0.25) is 0 Å². The second kappa shape index (κ2) is 21.6. The first-order valence-electron chi connectivity index (χ1n) is 23.9. The molecule has 4 aliphatic rings. The van der Waals surface area contributed by atoms with Gasteiger partial charge in [0.15, 0.2) is 5.78 Å². The quantitative estimate of drug-likeness (QED) is 0.0748. The van der Waals surface area contributed by atoms with E-state index in [1.54, 1.807) is 12.4 Å². The minimum atomic E-state index is -3.15. The summed E-state index contributed by atoms with van der Waals surface area (Å²) in [6, 6.07) is 18.4. The van der Waals surface area contributed by atoms with Crippen molar-refractivity contribution in [3.05, 3.63) is 119 Å². The maximum absolute atomic E-state index is 12.7. The minimum absolute atomic E-state index is 0.00978. The van der Waals surface area contributed by atoms with Gasteiger partial charge in [-0.15, -0.1) is 10.2 Å². The summed E-state index contributed by atoms with van der Waals surface area (Å²) in [6.45, 7) is 10.9. The van der Waals surface area contributed by atoms with Crippen LogP contribution in [0.1, 0.15) is 146 Å². The van der Waals surface area contributed by atoms with Crippen molar-refractivity contribution in [2.75, 3.05) is 45.8 Å². The molecule has 5 aromatic rings. The van der Waals surface area contributed by atoms with Crippen LogP contribution in [0.2, 0.25) is 0 Å². The lowest BCUT2D eigenvalue weighted by molar-refractivity contribution is -0.131.